The molecule has 2 aliphatic heterocycles. The molecule has 0 atom stereocenters. The molecule has 0 aliphatic carbocycles. The monoisotopic (exact) mass is 355 g/mol. The number of hydrogen-bond donors (Lipinski definition) is 0. The average Bonchev–Trinajstić information content (AvgIpc) is 2.96. The van der Waals surface area contributed by atoms with Gasteiger partial charge in [-0.2, -0.15) is 0 Å². The third-order valence-electron chi connectivity index (χ3n) is 5.41. The van der Waals surface area contributed by atoms with Crippen LogP contribution in [0.5, 0.6) is 0 Å². The smallest absolute Gasteiger partial charge is 0.289 e. The number of carbonyl (C=O) groups is 1. The molecule has 2 aromatic heterocycles. The highest BCUT2D eigenvalue weighted by molar-refractivity contribution is 5.92. The lowest BCUT2D eigenvalue weighted by Gasteiger charge is -2.34. The van der Waals surface area contributed by atoms with Crippen molar-refractivity contribution in [2.24, 2.45) is 0 Å². The van der Waals surface area contributed by atoms with Crippen LogP contribution in [0.15, 0.2) is 23.1 Å². The van der Waals surface area contributed by atoms with Gasteiger partial charge in [-0.3, -0.25) is 4.79 Å². The van der Waals surface area contributed by atoms with Gasteiger partial charge in [-0.1, -0.05) is 0 Å². The number of furan rings is 1. The molecule has 0 N–H and O–H groups in total. The van der Waals surface area contributed by atoms with Gasteiger partial charge in [-0.05, 0) is 26.5 Å². The topological polar surface area (TPSA) is 65.7 Å². The Morgan fingerprint density at radius 2 is 1.85 bits per heavy atom. The summed E-state index contributed by atoms with van der Waals surface area (Å²) >= 11 is 0. The van der Waals surface area contributed by atoms with Crippen LogP contribution in [0.3, 0.4) is 0 Å². The second kappa shape index (κ2) is 7.07. The van der Waals surface area contributed by atoms with Gasteiger partial charge in [0.1, 0.15) is 12.1 Å². The van der Waals surface area contributed by atoms with E-state index in [2.05, 4.69) is 26.8 Å². The molecule has 138 valence electrons. The van der Waals surface area contributed by atoms with Gasteiger partial charge in [-0.15, -0.1) is 0 Å². The van der Waals surface area contributed by atoms with E-state index < -0.39 is 0 Å². The van der Waals surface area contributed by atoms with Gasteiger partial charge in [0, 0.05) is 56.8 Å². The molecule has 0 bridgehead atoms. The molecule has 0 unspecified atom stereocenters. The molecule has 4 rings (SSSR count). The Labute approximate surface area is 153 Å². The molecule has 26 heavy (non-hydrogen) atoms. The highest BCUT2D eigenvalue weighted by Gasteiger charge is 2.27. The average molecular weight is 355 g/mol. The second-order valence-electron chi connectivity index (χ2n) is 7.14. The number of fused-ring (bicyclic) bond motifs is 1. The SMILES string of the molecule is Cc1ccoc1C(=O)N1CCc2ncnc(N3CCN(C)CC3)c2CC1. The summed E-state index contributed by atoms with van der Waals surface area (Å²) in [7, 11) is 2.15. The maximum Gasteiger partial charge on any atom is 0.289 e. The largest absolute Gasteiger partial charge is 0.459 e. The molecular weight excluding hydrogens is 330 g/mol. The van der Waals surface area contributed by atoms with Crippen LogP contribution >= 0.6 is 0 Å². The number of likely N-dealkylation sites (N-methyl/N-ethyl adjacent to an activating group) is 1. The first kappa shape index (κ1) is 17.0. The van der Waals surface area contributed by atoms with Gasteiger partial charge >= 0.3 is 0 Å². The van der Waals surface area contributed by atoms with Gasteiger partial charge in [0.25, 0.3) is 5.91 Å². The summed E-state index contributed by atoms with van der Waals surface area (Å²) in [6.45, 7) is 7.27. The first-order valence-electron chi connectivity index (χ1n) is 9.23. The van der Waals surface area contributed by atoms with E-state index >= 15 is 0 Å². The normalized spacial score (nSPS) is 18.5. The minimum absolute atomic E-state index is 0.0330. The summed E-state index contributed by atoms with van der Waals surface area (Å²) in [5, 5.41) is 0. The third kappa shape index (κ3) is 3.19. The summed E-state index contributed by atoms with van der Waals surface area (Å²) in [6.07, 6.45) is 4.78. The Bertz CT molecular complexity index is 795. The number of aromatic nitrogens is 2. The molecule has 7 nitrogen and oxygen atoms in total. The van der Waals surface area contributed by atoms with Crippen molar-refractivity contribution < 1.29 is 9.21 Å². The fourth-order valence-corrected chi connectivity index (χ4v) is 3.74. The number of piperazine rings is 1. The molecule has 1 amide bonds. The van der Waals surface area contributed by atoms with E-state index in [0.29, 0.717) is 18.8 Å². The zero-order valence-electron chi connectivity index (χ0n) is 15.4. The lowest BCUT2D eigenvalue weighted by molar-refractivity contribution is 0.0730. The molecule has 2 aromatic rings. The lowest BCUT2D eigenvalue weighted by Crippen LogP contribution is -2.45. The van der Waals surface area contributed by atoms with Crippen LogP contribution in [-0.2, 0) is 12.8 Å². The van der Waals surface area contributed by atoms with Crippen LogP contribution in [-0.4, -0.2) is 72.0 Å². The minimum Gasteiger partial charge on any atom is -0.459 e. The summed E-state index contributed by atoms with van der Waals surface area (Å²) < 4.78 is 5.39. The number of amides is 1. The van der Waals surface area contributed by atoms with Gasteiger partial charge < -0.3 is 19.1 Å². The molecule has 1 saturated heterocycles. The number of anilines is 1. The first-order valence-corrected chi connectivity index (χ1v) is 9.23. The van der Waals surface area contributed by atoms with Crippen LogP contribution in [0.4, 0.5) is 5.82 Å². The van der Waals surface area contributed by atoms with E-state index in [0.717, 1.165) is 56.1 Å². The van der Waals surface area contributed by atoms with Crippen LogP contribution in [0.1, 0.15) is 27.4 Å². The third-order valence-corrected chi connectivity index (χ3v) is 5.41. The lowest BCUT2D eigenvalue weighted by atomic mass is 10.1. The van der Waals surface area contributed by atoms with Crippen molar-refractivity contribution in [3.05, 3.63) is 41.2 Å². The summed E-state index contributed by atoms with van der Waals surface area (Å²) in [5.41, 5.74) is 3.15. The van der Waals surface area contributed by atoms with Gasteiger partial charge in [-0.25, -0.2) is 9.97 Å². The van der Waals surface area contributed by atoms with Crippen LogP contribution < -0.4 is 4.90 Å². The second-order valence-corrected chi connectivity index (χ2v) is 7.14. The number of rotatable bonds is 2. The minimum atomic E-state index is -0.0330. The zero-order chi connectivity index (χ0) is 18.1. The van der Waals surface area contributed by atoms with Gasteiger partial charge in [0.05, 0.1) is 12.0 Å². The number of nitrogens with zero attached hydrogens (tertiary/aromatic N) is 5. The number of hydrogen-bond acceptors (Lipinski definition) is 6. The quantitative estimate of drug-likeness (QED) is 0.811. The van der Waals surface area contributed by atoms with E-state index in [1.165, 1.54) is 5.56 Å². The summed E-state index contributed by atoms with van der Waals surface area (Å²) in [4.78, 5) is 28.5. The van der Waals surface area contributed by atoms with Crippen molar-refractivity contribution >= 4 is 11.7 Å². The molecule has 4 heterocycles. The van der Waals surface area contributed by atoms with Crippen molar-refractivity contribution in [1.82, 2.24) is 19.8 Å². The van der Waals surface area contributed by atoms with E-state index in [9.17, 15) is 4.79 Å². The van der Waals surface area contributed by atoms with Crippen LogP contribution in [0.25, 0.3) is 0 Å². The summed E-state index contributed by atoms with van der Waals surface area (Å²) in [6, 6.07) is 1.83. The predicted molar refractivity (Wildman–Crippen MR) is 98.5 cm³/mol. The van der Waals surface area contributed by atoms with E-state index in [-0.39, 0.29) is 5.91 Å². The van der Waals surface area contributed by atoms with Crippen molar-refractivity contribution in [1.29, 1.82) is 0 Å². The van der Waals surface area contributed by atoms with Crippen LogP contribution in [0.2, 0.25) is 0 Å². The number of carbonyl (C=O) groups excluding carboxylic acids is 1. The molecule has 0 spiro atoms. The number of aryl methyl sites for hydroxylation is 1. The molecule has 0 saturated carbocycles. The van der Waals surface area contributed by atoms with Crippen molar-refractivity contribution in [3.63, 3.8) is 0 Å². The fraction of sp³-hybridized carbons (Fsp3) is 0.526. The van der Waals surface area contributed by atoms with E-state index in [1.807, 2.05) is 17.9 Å². The van der Waals surface area contributed by atoms with Crippen molar-refractivity contribution in [2.75, 3.05) is 51.2 Å². The summed E-state index contributed by atoms with van der Waals surface area (Å²) in [5.74, 6) is 1.46. The highest BCUT2D eigenvalue weighted by atomic mass is 16.3. The Balaban J connectivity index is 1.54. The van der Waals surface area contributed by atoms with Crippen molar-refractivity contribution in [3.8, 4) is 0 Å². The maximum absolute atomic E-state index is 12.8. The van der Waals surface area contributed by atoms with Crippen LogP contribution in [0, 0.1) is 6.92 Å². The van der Waals surface area contributed by atoms with E-state index in [1.54, 1.807) is 12.6 Å². The highest BCUT2D eigenvalue weighted by Crippen LogP contribution is 2.25. The molecule has 0 radical (unpaired) electrons. The fourth-order valence-electron chi connectivity index (χ4n) is 3.74. The van der Waals surface area contributed by atoms with Gasteiger partial charge in [0.15, 0.2) is 5.76 Å². The Morgan fingerprint density at radius 3 is 2.58 bits per heavy atom. The standard InChI is InChI=1S/C19H25N5O2/c1-14-5-12-26-17(14)19(25)24-6-3-15-16(4-7-24)20-13-21-18(15)23-10-8-22(2)9-11-23/h5,12-13H,3-4,6-11H2,1-2H3. The predicted octanol–water partition coefficient (Wildman–Crippen LogP) is 1.37. The molecule has 1 fully saturated rings. The van der Waals surface area contributed by atoms with Crippen molar-refractivity contribution in [2.45, 2.75) is 19.8 Å². The van der Waals surface area contributed by atoms with E-state index in [4.69, 9.17) is 4.42 Å². The first-order chi connectivity index (χ1) is 12.6. The Hall–Kier alpha value is -2.41. The Kier molecular flexibility index (Phi) is 4.63. The van der Waals surface area contributed by atoms with Gasteiger partial charge in [0.2, 0.25) is 0 Å². The zero-order valence-corrected chi connectivity index (χ0v) is 15.4. The molecule has 0 aromatic carbocycles. The molecular formula is C19H25N5O2. The Morgan fingerprint density at radius 1 is 1.08 bits per heavy atom. The molecule has 7 heteroatoms. The molecule has 2 aliphatic rings. The maximum atomic E-state index is 12.8.